The van der Waals surface area contributed by atoms with E-state index < -0.39 is 0 Å². The first-order valence-electron chi connectivity index (χ1n) is 3.14. The molecular weight excluding hydrogens is 142 g/mol. The van der Waals surface area contributed by atoms with Crippen LogP contribution in [0.3, 0.4) is 0 Å². The van der Waals surface area contributed by atoms with Crippen molar-refractivity contribution in [3.8, 4) is 0 Å². The van der Waals surface area contributed by atoms with Crippen molar-refractivity contribution < 1.29 is 0 Å². The van der Waals surface area contributed by atoms with Crippen LogP contribution >= 0.6 is 0 Å². The molecule has 0 aliphatic heterocycles. The minimum atomic E-state index is -0.242. The second kappa shape index (κ2) is 3.53. The van der Waals surface area contributed by atoms with Gasteiger partial charge < -0.3 is 0 Å². The number of azide groups is 1. The minimum absolute atomic E-state index is 0.242. The van der Waals surface area contributed by atoms with Crippen LogP contribution in [0, 0.1) is 0 Å². The second-order valence-corrected chi connectivity index (χ2v) is 2.01. The molecule has 1 rings (SSSR count). The van der Waals surface area contributed by atoms with Gasteiger partial charge in [-0.2, -0.15) is 0 Å². The van der Waals surface area contributed by atoms with E-state index in [2.05, 4.69) is 20.0 Å². The molecule has 0 saturated heterocycles. The summed E-state index contributed by atoms with van der Waals surface area (Å²) in [7, 11) is 0. The SMILES string of the molecule is CC(N=[N+]=[N-])c1cnccn1. The first kappa shape index (κ1) is 7.50. The molecule has 0 bridgehead atoms. The summed E-state index contributed by atoms with van der Waals surface area (Å²) in [6.07, 6.45) is 4.73. The van der Waals surface area contributed by atoms with Gasteiger partial charge in [-0.3, -0.25) is 9.97 Å². The van der Waals surface area contributed by atoms with E-state index in [0.29, 0.717) is 5.69 Å². The zero-order valence-electron chi connectivity index (χ0n) is 6.05. The Balaban J connectivity index is 2.84. The van der Waals surface area contributed by atoms with Gasteiger partial charge in [-0.05, 0) is 5.53 Å². The molecule has 1 heterocycles. The summed E-state index contributed by atoms with van der Waals surface area (Å²) in [5, 5.41) is 3.47. The number of hydrogen-bond donors (Lipinski definition) is 0. The first-order chi connectivity index (χ1) is 5.34. The third-order valence-electron chi connectivity index (χ3n) is 1.24. The summed E-state index contributed by atoms with van der Waals surface area (Å²) < 4.78 is 0. The molecule has 0 aliphatic rings. The number of nitrogens with zero attached hydrogens (tertiary/aromatic N) is 5. The molecule has 0 aromatic carbocycles. The lowest BCUT2D eigenvalue weighted by atomic mass is 10.3. The lowest BCUT2D eigenvalue weighted by Crippen LogP contribution is -1.92. The predicted molar refractivity (Wildman–Crippen MR) is 39.6 cm³/mol. The van der Waals surface area contributed by atoms with Crippen molar-refractivity contribution in [3.63, 3.8) is 0 Å². The maximum Gasteiger partial charge on any atom is 0.0785 e. The summed E-state index contributed by atoms with van der Waals surface area (Å²) in [6, 6.07) is -0.242. The van der Waals surface area contributed by atoms with E-state index in [0.717, 1.165) is 0 Å². The standard InChI is InChI=1S/C6H7N5/c1-5(10-11-7)6-4-8-2-3-9-6/h2-5H,1H3. The molecular formula is C6H7N5. The van der Waals surface area contributed by atoms with E-state index in [1.807, 2.05) is 0 Å². The summed E-state index contributed by atoms with van der Waals surface area (Å²) in [5.41, 5.74) is 8.79. The van der Waals surface area contributed by atoms with Gasteiger partial charge in [0.1, 0.15) is 0 Å². The molecule has 5 nitrogen and oxygen atoms in total. The van der Waals surface area contributed by atoms with Crippen LogP contribution in [0.15, 0.2) is 23.7 Å². The van der Waals surface area contributed by atoms with E-state index in [9.17, 15) is 0 Å². The van der Waals surface area contributed by atoms with Crippen molar-refractivity contribution in [2.75, 3.05) is 0 Å². The summed E-state index contributed by atoms with van der Waals surface area (Å²) in [6.45, 7) is 1.77. The fourth-order valence-corrected chi connectivity index (χ4v) is 0.663. The monoisotopic (exact) mass is 149 g/mol. The van der Waals surface area contributed by atoms with Crippen LogP contribution in [-0.2, 0) is 0 Å². The highest BCUT2D eigenvalue weighted by Gasteiger charge is 2.01. The molecule has 5 heteroatoms. The summed E-state index contributed by atoms with van der Waals surface area (Å²) in [5.74, 6) is 0. The second-order valence-electron chi connectivity index (χ2n) is 2.01. The van der Waals surface area contributed by atoms with Gasteiger partial charge in [0.25, 0.3) is 0 Å². The Morgan fingerprint density at radius 3 is 3.00 bits per heavy atom. The number of rotatable bonds is 2. The molecule has 0 fully saturated rings. The van der Waals surface area contributed by atoms with Gasteiger partial charge in [-0.1, -0.05) is 12.0 Å². The maximum atomic E-state index is 8.11. The van der Waals surface area contributed by atoms with E-state index in [1.165, 1.54) is 0 Å². The van der Waals surface area contributed by atoms with Crippen LogP contribution in [0.4, 0.5) is 0 Å². The average molecular weight is 149 g/mol. The Morgan fingerprint density at radius 1 is 1.64 bits per heavy atom. The highest BCUT2D eigenvalue weighted by atomic mass is 15.1. The van der Waals surface area contributed by atoms with Crippen LogP contribution in [0.1, 0.15) is 18.7 Å². The third-order valence-corrected chi connectivity index (χ3v) is 1.24. The van der Waals surface area contributed by atoms with Crippen molar-refractivity contribution in [2.45, 2.75) is 13.0 Å². The maximum absolute atomic E-state index is 8.11. The van der Waals surface area contributed by atoms with Crippen molar-refractivity contribution in [2.24, 2.45) is 5.11 Å². The molecule has 0 radical (unpaired) electrons. The highest BCUT2D eigenvalue weighted by molar-refractivity contribution is 5.00. The van der Waals surface area contributed by atoms with Gasteiger partial charge in [0.05, 0.1) is 11.7 Å². The van der Waals surface area contributed by atoms with Gasteiger partial charge in [0.15, 0.2) is 0 Å². The Morgan fingerprint density at radius 2 is 2.45 bits per heavy atom. The molecule has 1 aromatic heterocycles. The Hall–Kier alpha value is -1.61. The Kier molecular flexibility index (Phi) is 2.41. The molecule has 0 aliphatic carbocycles. The Labute approximate surface area is 63.7 Å². The van der Waals surface area contributed by atoms with Crippen molar-refractivity contribution in [1.29, 1.82) is 0 Å². The lowest BCUT2D eigenvalue weighted by molar-refractivity contribution is 0.764. The first-order valence-corrected chi connectivity index (χ1v) is 3.14. The smallest absolute Gasteiger partial charge is 0.0785 e. The molecule has 56 valence electrons. The zero-order valence-corrected chi connectivity index (χ0v) is 6.05. The van der Waals surface area contributed by atoms with Crippen molar-refractivity contribution >= 4 is 0 Å². The van der Waals surface area contributed by atoms with E-state index in [-0.39, 0.29) is 6.04 Å². The molecule has 1 aromatic rings. The van der Waals surface area contributed by atoms with Crippen molar-refractivity contribution in [3.05, 3.63) is 34.7 Å². The number of hydrogen-bond acceptors (Lipinski definition) is 3. The largest absolute Gasteiger partial charge is 0.261 e. The van der Waals surface area contributed by atoms with Gasteiger partial charge in [-0.25, -0.2) is 0 Å². The molecule has 0 saturated carbocycles. The van der Waals surface area contributed by atoms with Gasteiger partial charge in [-0.15, -0.1) is 0 Å². The molecule has 0 spiro atoms. The van der Waals surface area contributed by atoms with Crippen molar-refractivity contribution in [1.82, 2.24) is 9.97 Å². The summed E-state index contributed by atoms with van der Waals surface area (Å²) in [4.78, 5) is 10.5. The van der Waals surface area contributed by atoms with Crippen LogP contribution in [-0.4, -0.2) is 9.97 Å². The van der Waals surface area contributed by atoms with Crippen LogP contribution in [0.25, 0.3) is 10.4 Å². The minimum Gasteiger partial charge on any atom is -0.261 e. The normalized spacial score (nSPS) is 11.7. The Bertz CT molecular complexity index is 264. The fraction of sp³-hybridized carbons (Fsp3) is 0.333. The molecule has 1 unspecified atom stereocenters. The zero-order chi connectivity index (χ0) is 8.10. The molecule has 0 amide bonds. The number of aromatic nitrogens is 2. The van der Waals surface area contributed by atoms with Gasteiger partial charge in [0, 0.05) is 23.5 Å². The highest BCUT2D eigenvalue weighted by Crippen LogP contribution is 2.11. The van der Waals surface area contributed by atoms with Crippen LogP contribution in [0.2, 0.25) is 0 Å². The van der Waals surface area contributed by atoms with E-state index in [4.69, 9.17) is 5.53 Å². The van der Waals surface area contributed by atoms with Crippen LogP contribution in [0.5, 0.6) is 0 Å². The average Bonchev–Trinajstić information content (AvgIpc) is 2.07. The molecule has 0 N–H and O–H groups in total. The van der Waals surface area contributed by atoms with Gasteiger partial charge >= 0.3 is 0 Å². The predicted octanol–water partition coefficient (Wildman–Crippen LogP) is 1.85. The third kappa shape index (κ3) is 1.91. The van der Waals surface area contributed by atoms with E-state index in [1.54, 1.807) is 25.5 Å². The lowest BCUT2D eigenvalue weighted by Gasteiger charge is -1.99. The molecule has 11 heavy (non-hydrogen) atoms. The van der Waals surface area contributed by atoms with Gasteiger partial charge in [0.2, 0.25) is 0 Å². The quantitative estimate of drug-likeness (QED) is 0.365. The van der Waals surface area contributed by atoms with E-state index >= 15 is 0 Å². The molecule has 1 atom stereocenters. The van der Waals surface area contributed by atoms with Crippen LogP contribution < -0.4 is 0 Å². The topological polar surface area (TPSA) is 74.5 Å². The fourth-order valence-electron chi connectivity index (χ4n) is 0.663. The summed E-state index contributed by atoms with van der Waals surface area (Å²) >= 11 is 0.